The third-order valence-electron chi connectivity index (χ3n) is 2.28. The highest BCUT2D eigenvalue weighted by molar-refractivity contribution is 7.18. The fraction of sp³-hybridized carbons (Fsp3) is 0.545. The molecule has 2 amide bonds. The van der Waals surface area contributed by atoms with E-state index >= 15 is 0 Å². The maximum absolute atomic E-state index is 11.9. The van der Waals surface area contributed by atoms with Crippen molar-refractivity contribution in [3.63, 3.8) is 0 Å². The van der Waals surface area contributed by atoms with Crippen LogP contribution in [-0.2, 0) is 4.79 Å². The molecule has 1 rings (SSSR count). The Morgan fingerprint density at radius 3 is 2.68 bits per heavy atom. The van der Waals surface area contributed by atoms with E-state index in [1.54, 1.807) is 14.1 Å². The molecule has 0 radical (unpaired) electrons. The summed E-state index contributed by atoms with van der Waals surface area (Å²) in [4.78, 5) is 29.0. The molecule has 0 saturated heterocycles. The molecule has 0 bridgehead atoms. The number of thiazole rings is 1. The molecular formula is C11H19N5O2S. The summed E-state index contributed by atoms with van der Waals surface area (Å²) in [7, 11) is 3.25. The van der Waals surface area contributed by atoms with Gasteiger partial charge in [0.05, 0.1) is 6.54 Å². The molecule has 1 aromatic heterocycles. The topological polar surface area (TPSA) is 100 Å². The molecule has 19 heavy (non-hydrogen) atoms. The number of rotatable bonds is 6. The van der Waals surface area contributed by atoms with Crippen molar-refractivity contribution in [3.05, 3.63) is 4.88 Å². The Hall–Kier alpha value is -1.83. The van der Waals surface area contributed by atoms with Gasteiger partial charge in [-0.3, -0.25) is 9.59 Å². The largest absolute Gasteiger partial charge is 0.382 e. The highest BCUT2D eigenvalue weighted by Crippen LogP contribution is 2.24. The van der Waals surface area contributed by atoms with Crippen LogP contribution >= 0.6 is 11.3 Å². The molecule has 7 nitrogen and oxygen atoms in total. The smallest absolute Gasteiger partial charge is 0.265 e. The predicted molar refractivity (Wildman–Crippen MR) is 76.3 cm³/mol. The van der Waals surface area contributed by atoms with Gasteiger partial charge in [-0.1, -0.05) is 18.3 Å². The zero-order valence-corrected chi connectivity index (χ0v) is 12.1. The molecule has 0 aliphatic carbocycles. The van der Waals surface area contributed by atoms with Crippen molar-refractivity contribution >= 4 is 34.1 Å². The van der Waals surface area contributed by atoms with Crippen LogP contribution in [0.4, 0.5) is 10.9 Å². The second-order valence-corrected chi connectivity index (χ2v) is 5.13. The van der Waals surface area contributed by atoms with Crippen LogP contribution in [0.3, 0.4) is 0 Å². The Balaban J connectivity index is 2.61. The Morgan fingerprint density at radius 2 is 2.11 bits per heavy atom. The summed E-state index contributed by atoms with van der Waals surface area (Å²) in [5, 5.41) is 6.20. The number of nitrogens with zero attached hydrogens (tertiary/aromatic N) is 2. The van der Waals surface area contributed by atoms with Crippen LogP contribution in [-0.4, -0.2) is 48.9 Å². The first-order valence-corrected chi connectivity index (χ1v) is 6.75. The molecule has 0 spiro atoms. The van der Waals surface area contributed by atoms with E-state index in [0.29, 0.717) is 10.0 Å². The molecule has 0 unspecified atom stereocenters. The lowest BCUT2D eigenvalue weighted by Gasteiger charge is -2.10. The maximum atomic E-state index is 11.9. The van der Waals surface area contributed by atoms with Gasteiger partial charge in [-0.2, -0.15) is 0 Å². The molecule has 106 valence electrons. The number of hydrogen-bond acceptors (Lipinski definition) is 6. The molecule has 0 aliphatic rings. The first-order valence-electron chi connectivity index (χ1n) is 5.94. The van der Waals surface area contributed by atoms with Gasteiger partial charge in [-0.25, -0.2) is 4.98 Å². The zero-order valence-electron chi connectivity index (χ0n) is 11.3. The van der Waals surface area contributed by atoms with Crippen LogP contribution in [0, 0.1) is 0 Å². The lowest BCUT2D eigenvalue weighted by Crippen LogP contribution is -2.36. The standard InChI is InChI=1S/C11H19N5O2S/c1-4-5-13-11-15-9(12)8(19-11)10(18)14-6-7(17)16(2)3/h4-6,12H2,1-3H3,(H,13,15)(H,14,18). The van der Waals surface area contributed by atoms with E-state index < -0.39 is 0 Å². The molecular weight excluding hydrogens is 266 g/mol. The second kappa shape index (κ2) is 6.93. The van der Waals surface area contributed by atoms with Crippen LogP contribution in [0.2, 0.25) is 0 Å². The fourth-order valence-corrected chi connectivity index (χ4v) is 2.02. The number of nitrogens with two attached hydrogens (primary N) is 1. The van der Waals surface area contributed by atoms with Crippen LogP contribution in [0.1, 0.15) is 23.0 Å². The number of likely N-dealkylation sites (N-methyl/N-ethyl adjacent to an activating group) is 1. The summed E-state index contributed by atoms with van der Waals surface area (Å²) in [6, 6.07) is 0. The number of nitrogen functional groups attached to an aromatic ring is 1. The minimum atomic E-state index is -0.380. The number of amides is 2. The van der Waals surface area contributed by atoms with Gasteiger partial charge in [0.15, 0.2) is 5.13 Å². The number of nitrogens with one attached hydrogen (secondary N) is 2. The highest BCUT2D eigenvalue weighted by atomic mass is 32.1. The number of carbonyl (C=O) groups excluding carboxylic acids is 2. The van der Waals surface area contributed by atoms with Crippen molar-refractivity contribution in [2.24, 2.45) is 0 Å². The molecule has 0 atom stereocenters. The number of aromatic nitrogens is 1. The monoisotopic (exact) mass is 285 g/mol. The van der Waals surface area contributed by atoms with E-state index in [2.05, 4.69) is 15.6 Å². The van der Waals surface area contributed by atoms with Gasteiger partial charge < -0.3 is 21.3 Å². The van der Waals surface area contributed by atoms with Gasteiger partial charge >= 0.3 is 0 Å². The van der Waals surface area contributed by atoms with Gasteiger partial charge in [0.2, 0.25) is 5.91 Å². The first kappa shape index (κ1) is 15.2. The summed E-state index contributed by atoms with van der Waals surface area (Å²) < 4.78 is 0. The van der Waals surface area contributed by atoms with Crippen LogP contribution in [0.15, 0.2) is 0 Å². The average Bonchev–Trinajstić information content (AvgIpc) is 2.74. The summed E-state index contributed by atoms with van der Waals surface area (Å²) in [5.74, 6) is -0.381. The SMILES string of the molecule is CCCNc1nc(N)c(C(=O)NCC(=O)N(C)C)s1. The molecule has 4 N–H and O–H groups in total. The van der Waals surface area contributed by atoms with Crippen LogP contribution in [0.25, 0.3) is 0 Å². The van der Waals surface area contributed by atoms with Gasteiger partial charge in [0, 0.05) is 20.6 Å². The molecule has 0 aromatic carbocycles. The highest BCUT2D eigenvalue weighted by Gasteiger charge is 2.17. The quantitative estimate of drug-likeness (QED) is 0.701. The fourth-order valence-electron chi connectivity index (χ4n) is 1.20. The van der Waals surface area contributed by atoms with Gasteiger partial charge in [-0.05, 0) is 6.42 Å². The van der Waals surface area contributed by atoms with E-state index in [4.69, 9.17) is 5.73 Å². The predicted octanol–water partition coefficient (Wildman–Crippen LogP) is 0.365. The summed E-state index contributed by atoms with van der Waals surface area (Å²) in [5.41, 5.74) is 5.68. The van der Waals surface area contributed by atoms with E-state index in [1.807, 2.05) is 6.92 Å². The molecule has 1 aromatic rings. The summed E-state index contributed by atoms with van der Waals surface area (Å²) in [6.07, 6.45) is 0.957. The molecule has 0 fully saturated rings. The van der Waals surface area contributed by atoms with Crippen molar-refractivity contribution in [1.29, 1.82) is 0 Å². The molecule has 1 heterocycles. The second-order valence-electron chi connectivity index (χ2n) is 4.13. The van der Waals surface area contributed by atoms with Gasteiger partial charge in [0.1, 0.15) is 10.7 Å². The van der Waals surface area contributed by atoms with Crippen molar-refractivity contribution < 1.29 is 9.59 Å². The first-order chi connectivity index (χ1) is 8.95. The van der Waals surface area contributed by atoms with E-state index in [9.17, 15) is 9.59 Å². The van der Waals surface area contributed by atoms with E-state index in [1.165, 1.54) is 16.2 Å². The third kappa shape index (κ3) is 4.40. The van der Waals surface area contributed by atoms with Gasteiger partial charge in [0.25, 0.3) is 5.91 Å². The summed E-state index contributed by atoms with van der Waals surface area (Å²) >= 11 is 1.18. The van der Waals surface area contributed by atoms with Crippen molar-refractivity contribution in [3.8, 4) is 0 Å². The average molecular weight is 285 g/mol. The lowest BCUT2D eigenvalue weighted by atomic mass is 10.4. The molecule has 0 saturated carbocycles. The maximum Gasteiger partial charge on any atom is 0.265 e. The van der Waals surface area contributed by atoms with Gasteiger partial charge in [-0.15, -0.1) is 0 Å². The van der Waals surface area contributed by atoms with Crippen LogP contribution < -0.4 is 16.4 Å². The number of anilines is 2. The Kier molecular flexibility index (Phi) is 5.56. The zero-order chi connectivity index (χ0) is 14.4. The normalized spacial score (nSPS) is 10.1. The van der Waals surface area contributed by atoms with Crippen molar-refractivity contribution in [1.82, 2.24) is 15.2 Å². The van der Waals surface area contributed by atoms with Crippen molar-refractivity contribution in [2.45, 2.75) is 13.3 Å². The van der Waals surface area contributed by atoms with E-state index in [0.717, 1.165) is 13.0 Å². The molecule has 8 heteroatoms. The minimum Gasteiger partial charge on any atom is -0.382 e. The Labute approximate surface area is 116 Å². The van der Waals surface area contributed by atoms with E-state index in [-0.39, 0.29) is 24.2 Å². The Morgan fingerprint density at radius 1 is 1.42 bits per heavy atom. The number of carbonyl (C=O) groups is 2. The number of hydrogen-bond donors (Lipinski definition) is 3. The minimum absolute atomic E-state index is 0.0547. The Bertz CT molecular complexity index is 458. The third-order valence-corrected chi connectivity index (χ3v) is 3.31. The summed E-state index contributed by atoms with van der Waals surface area (Å²) in [6.45, 7) is 2.75. The molecule has 0 aliphatic heterocycles. The lowest BCUT2D eigenvalue weighted by molar-refractivity contribution is -0.127. The van der Waals surface area contributed by atoms with Crippen molar-refractivity contribution in [2.75, 3.05) is 38.2 Å². The van der Waals surface area contributed by atoms with Crippen LogP contribution in [0.5, 0.6) is 0 Å².